The number of rotatable bonds is 3. The number of non-ortho nitro benzene ring substituents is 1. The minimum Gasteiger partial charge on any atom is -0.258 e. The minimum absolute atomic E-state index is 0.151. The van der Waals surface area contributed by atoms with Gasteiger partial charge in [0.2, 0.25) is 0 Å². The highest BCUT2D eigenvalue weighted by molar-refractivity contribution is 8.00. The molecular formula is C8H7F3N2O4S2. The van der Waals surface area contributed by atoms with Crippen molar-refractivity contribution in [2.75, 3.05) is 6.26 Å². The lowest BCUT2D eigenvalue weighted by Gasteiger charge is -2.05. The molecule has 1 rings (SSSR count). The second-order valence-corrected chi connectivity index (χ2v) is 6.66. The van der Waals surface area contributed by atoms with E-state index in [1.807, 2.05) is 0 Å². The molecule has 0 aliphatic carbocycles. The Labute approximate surface area is 108 Å². The standard InChI is InChI=1S/C8H7F3N2O4S2/c1-18(12-19(16,17)8(9,10)11)7-4-2-6(3-5-7)13(14)15/h2-5H,1H3. The normalized spacial score (nSPS) is 14.3. The first-order chi connectivity index (χ1) is 8.54. The first-order valence-electron chi connectivity index (χ1n) is 4.49. The third-order valence-electron chi connectivity index (χ3n) is 1.89. The summed E-state index contributed by atoms with van der Waals surface area (Å²) in [7, 11) is -7.14. The number of hydrogen-bond donors (Lipinski definition) is 0. The zero-order valence-electron chi connectivity index (χ0n) is 9.29. The number of halogens is 3. The van der Waals surface area contributed by atoms with E-state index in [2.05, 4.69) is 3.77 Å². The van der Waals surface area contributed by atoms with Gasteiger partial charge in [-0.1, -0.05) is 10.7 Å². The summed E-state index contributed by atoms with van der Waals surface area (Å²) < 4.78 is 60.7. The monoisotopic (exact) mass is 316 g/mol. The van der Waals surface area contributed by atoms with Gasteiger partial charge in [0.25, 0.3) is 5.69 Å². The molecule has 0 amide bonds. The molecule has 0 bridgehead atoms. The lowest BCUT2D eigenvalue weighted by molar-refractivity contribution is -0.384. The van der Waals surface area contributed by atoms with Gasteiger partial charge in [0.1, 0.15) is 0 Å². The van der Waals surface area contributed by atoms with E-state index in [-0.39, 0.29) is 10.6 Å². The van der Waals surface area contributed by atoms with Crippen LogP contribution in [0.1, 0.15) is 0 Å². The first kappa shape index (κ1) is 15.6. The molecule has 0 N–H and O–H groups in total. The van der Waals surface area contributed by atoms with Crippen molar-refractivity contribution >= 4 is 26.4 Å². The largest absolute Gasteiger partial charge is 0.519 e. The average Bonchev–Trinajstić information content (AvgIpc) is 2.27. The quantitative estimate of drug-likeness (QED) is 0.631. The van der Waals surface area contributed by atoms with E-state index in [1.165, 1.54) is 6.26 Å². The maximum Gasteiger partial charge on any atom is 0.519 e. The van der Waals surface area contributed by atoms with Crippen molar-refractivity contribution in [2.45, 2.75) is 10.4 Å². The molecule has 1 unspecified atom stereocenters. The van der Waals surface area contributed by atoms with Gasteiger partial charge in [0.15, 0.2) is 0 Å². The van der Waals surface area contributed by atoms with E-state index in [4.69, 9.17) is 0 Å². The summed E-state index contributed by atoms with van der Waals surface area (Å²) in [6.07, 6.45) is 1.17. The molecule has 0 spiro atoms. The van der Waals surface area contributed by atoms with E-state index in [1.54, 1.807) is 0 Å². The molecule has 1 atom stereocenters. The van der Waals surface area contributed by atoms with Crippen LogP contribution in [0, 0.1) is 10.1 Å². The number of nitrogens with zero attached hydrogens (tertiary/aromatic N) is 2. The number of sulfonamides is 1. The lowest BCUT2D eigenvalue weighted by atomic mass is 10.3. The summed E-state index contributed by atoms with van der Waals surface area (Å²) in [6.45, 7) is 0. The van der Waals surface area contributed by atoms with Crippen LogP contribution in [0.2, 0.25) is 0 Å². The molecule has 1 aromatic carbocycles. The maximum atomic E-state index is 12.1. The lowest BCUT2D eigenvalue weighted by Crippen LogP contribution is -2.21. The molecule has 19 heavy (non-hydrogen) atoms. The summed E-state index contributed by atoms with van der Waals surface area (Å²) in [4.78, 5) is 9.85. The van der Waals surface area contributed by atoms with Gasteiger partial charge >= 0.3 is 15.5 Å². The molecular weight excluding hydrogens is 309 g/mol. The van der Waals surface area contributed by atoms with Crippen molar-refractivity contribution in [1.82, 2.24) is 0 Å². The Morgan fingerprint density at radius 3 is 2.11 bits per heavy atom. The summed E-state index contributed by atoms with van der Waals surface area (Å²) in [6, 6.07) is 4.45. The molecule has 106 valence electrons. The zero-order valence-corrected chi connectivity index (χ0v) is 10.9. The molecule has 1 aromatic rings. The van der Waals surface area contributed by atoms with Crippen LogP contribution in [-0.2, 0) is 20.7 Å². The maximum absolute atomic E-state index is 12.1. The molecule has 0 saturated heterocycles. The summed E-state index contributed by atoms with van der Waals surface area (Å²) in [5, 5.41) is 10.4. The fourth-order valence-electron chi connectivity index (χ4n) is 0.997. The SMILES string of the molecule is C/S(=N\S(=O)(=O)C(F)(F)F)c1ccc([N+](=O)[O-])cc1. The predicted octanol–water partition coefficient (Wildman–Crippen LogP) is 2.24. The molecule has 0 heterocycles. The Bertz CT molecular complexity index is 622. The smallest absolute Gasteiger partial charge is 0.258 e. The third-order valence-corrected chi connectivity index (χ3v) is 5.11. The van der Waals surface area contributed by atoms with Crippen LogP contribution in [0.4, 0.5) is 18.9 Å². The highest BCUT2D eigenvalue weighted by Crippen LogP contribution is 2.26. The predicted molar refractivity (Wildman–Crippen MR) is 62.1 cm³/mol. The van der Waals surface area contributed by atoms with E-state index in [9.17, 15) is 31.7 Å². The van der Waals surface area contributed by atoms with Crippen LogP contribution >= 0.6 is 0 Å². The van der Waals surface area contributed by atoms with Crippen LogP contribution < -0.4 is 0 Å². The molecule has 0 aromatic heterocycles. The van der Waals surface area contributed by atoms with Crippen molar-refractivity contribution < 1.29 is 26.5 Å². The Balaban J connectivity index is 3.14. The highest BCUT2D eigenvalue weighted by atomic mass is 32.3. The van der Waals surface area contributed by atoms with Crippen molar-refractivity contribution in [3.05, 3.63) is 34.4 Å². The van der Waals surface area contributed by atoms with Crippen molar-refractivity contribution in [1.29, 1.82) is 0 Å². The van der Waals surface area contributed by atoms with Crippen LogP contribution in [0.25, 0.3) is 0 Å². The topological polar surface area (TPSA) is 89.6 Å². The van der Waals surface area contributed by atoms with Gasteiger partial charge in [-0.05, 0) is 18.4 Å². The second-order valence-electron chi connectivity index (χ2n) is 3.22. The zero-order chi connectivity index (χ0) is 14.8. The van der Waals surface area contributed by atoms with Crippen molar-refractivity contribution in [3.8, 4) is 0 Å². The van der Waals surface area contributed by atoms with Gasteiger partial charge < -0.3 is 0 Å². The van der Waals surface area contributed by atoms with E-state index in [0.717, 1.165) is 24.3 Å². The Morgan fingerprint density at radius 1 is 1.26 bits per heavy atom. The van der Waals surface area contributed by atoms with Crippen LogP contribution in [-0.4, -0.2) is 25.1 Å². The highest BCUT2D eigenvalue weighted by Gasteiger charge is 2.46. The summed E-state index contributed by atoms with van der Waals surface area (Å²) >= 11 is 0. The van der Waals surface area contributed by atoms with Gasteiger partial charge in [-0.15, -0.1) is 3.77 Å². The fraction of sp³-hybridized carbons (Fsp3) is 0.250. The Morgan fingerprint density at radius 2 is 1.74 bits per heavy atom. The molecule has 11 heteroatoms. The van der Waals surface area contributed by atoms with Gasteiger partial charge in [0.05, 0.1) is 4.92 Å². The molecule has 0 saturated carbocycles. The number of nitro benzene ring substituents is 1. The number of alkyl halides is 3. The Kier molecular flexibility index (Phi) is 4.30. The number of nitro groups is 1. The number of benzene rings is 1. The third kappa shape index (κ3) is 3.73. The molecule has 0 aliphatic rings. The molecule has 0 aliphatic heterocycles. The molecule has 0 radical (unpaired) electrons. The van der Waals surface area contributed by atoms with Crippen LogP contribution in [0.5, 0.6) is 0 Å². The van der Waals surface area contributed by atoms with E-state index < -0.39 is 31.1 Å². The van der Waals surface area contributed by atoms with E-state index >= 15 is 0 Å². The van der Waals surface area contributed by atoms with Gasteiger partial charge in [-0.25, -0.2) is 0 Å². The van der Waals surface area contributed by atoms with Gasteiger partial charge in [-0.2, -0.15) is 21.6 Å². The number of hydrogen-bond acceptors (Lipinski definition) is 4. The van der Waals surface area contributed by atoms with Crippen molar-refractivity contribution in [3.63, 3.8) is 0 Å². The summed E-state index contributed by atoms with van der Waals surface area (Å²) in [5.41, 5.74) is -5.70. The first-order valence-corrected chi connectivity index (χ1v) is 7.52. The molecule has 6 nitrogen and oxygen atoms in total. The molecule has 0 fully saturated rings. The van der Waals surface area contributed by atoms with Gasteiger partial charge in [0, 0.05) is 17.0 Å². The minimum atomic E-state index is -5.57. The Hall–Kier alpha value is -1.49. The second kappa shape index (κ2) is 5.25. The summed E-state index contributed by atoms with van der Waals surface area (Å²) in [5.74, 6) is 0. The fourth-order valence-corrected chi connectivity index (χ4v) is 3.39. The van der Waals surface area contributed by atoms with Gasteiger partial charge in [-0.3, -0.25) is 10.1 Å². The van der Waals surface area contributed by atoms with Crippen LogP contribution in [0.3, 0.4) is 0 Å². The van der Waals surface area contributed by atoms with Crippen molar-refractivity contribution in [2.24, 2.45) is 3.77 Å². The van der Waals surface area contributed by atoms with E-state index in [0.29, 0.717) is 0 Å². The van der Waals surface area contributed by atoms with Crippen LogP contribution in [0.15, 0.2) is 32.9 Å². The average molecular weight is 316 g/mol.